The van der Waals surface area contributed by atoms with Crippen molar-refractivity contribution >= 4 is 46.7 Å². The second-order valence-corrected chi connectivity index (χ2v) is 6.98. The van der Waals surface area contributed by atoms with Gasteiger partial charge in [0.1, 0.15) is 35.5 Å². The summed E-state index contributed by atoms with van der Waals surface area (Å²) in [5.74, 6) is -0.886. The first-order chi connectivity index (χ1) is 13.1. The molecule has 0 aromatic heterocycles. The summed E-state index contributed by atoms with van der Waals surface area (Å²) in [4.78, 5) is 68.4. The molecule has 28 heavy (non-hydrogen) atoms. The van der Waals surface area contributed by atoms with Gasteiger partial charge in [-0.15, -0.1) is 0 Å². The zero-order valence-corrected chi connectivity index (χ0v) is 17.0. The van der Waals surface area contributed by atoms with Crippen molar-refractivity contribution in [3.63, 3.8) is 0 Å². The van der Waals surface area contributed by atoms with Crippen molar-refractivity contribution in [2.24, 2.45) is 0 Å². The minimum Gasteiger partial charge on any atom is -0.434 e. The average Bonchev–Trinajstić information content (AvgIpc) is 2.60. The number of halogens is 1. The third kappa shape index (κ3) is 16.1. The van der Waals surface area contributed by atoms with Crippen LogP contribution in [0.2, 0.25) is 0 Å². The lowest BCUT2D eigenvalue weighted by atomic mass is 10.0. The van der Waals surface area contributed by atoms with Crippen molar-refractivity contribution < 1.29 is 38.2 Å². The van der Waals surface area contributed by atoms with Gasteiger partial charge in [0, 0.05) is 57.8 Å². The zero-order chi connectivity index (χ0) is 21.5. The molecule has 1 unspecified atom stereocenters. The summed E-state index contributed by atoms with van der Waals surface area (Å²) in [7, 11) is 0. The van der Waals surface area contributed by atoms with Crippen LogP contribution in [-0.2, 0) is 33.4 Å². The van der Waals surface area contributed by atoms with Gasteiger partial charge in [-0.3, -0.25) is 19.2 Å². The Morgan fingerprint density at radius 1 is 0.679 bits per heavy atom. The number of Topliss-reactive ketones (excluding diaryl/α,β-unsaturated/α-hetero) is 5. The Bertz CT molecular complexity index is 582. The highest BCUT2D eigenvalue weighted by atomic mass is 35.5. The maximum atomic E-state index is 11.7. The number of ether oxygens (including phenoxy) is 2. The lowest BCUT2D eigenvalue weighted by molar-refractivity contribution is -0.127. The molecule has 1 atom stereocenters. The molecule has 0 aromatic carbocycles. The van der Waals surface area contributed by atoms with Crippen molar-refractivity contribution in [2.45, 2.75) is 77.2 Å². The van der Waals surface area contributed by atoms with Gasteiger partial charge in [-0.1, -0.05) is 11.6 Å². The van der Waals surface area contributed by atoms with Crippen molar-refractivity contribution in [1.82, 2.24) is 0 Å². The number of carbonyl (C=O) groups is 6. The molecule has 9 heteroatoms. The molecule has 0 amide bonds. The van der Waals surface area contributed by atoms with Crippen molar-refractivity contribution in [1.29, 1.82) is 0 Å². The minimum absolute atomic E-state index is 0.000866. The lowest BCUT2D eigenvalue weighted by Crippen LogP contribution is -2.14. The monoisotopic (exact) mass is 418 g/mol. The van der Waals surface area contributed by atoms with Crippen molar-refractivity contribution in [3.8, 4) is 0 Å². The van der Waals surface area contributed by atoms with Crippen LogP contribution in [-0.4, -0.2) is 47.2 Å². The molecular weight excluding hydrogens is 392 g/mol. The standard InChI is InChI=1S/C19H27ClO8/c1-13(21)3-4-15(22)5-6-16(23)7-8-17(24)9-10-18(25)11-12-27-19(26)28-14(2)20/h14H,3-12H2,1-2H3. The summed E-state index contributed by atoms with van der Waals surface area (Å²) in [6.07, 6.45) is -0.518. The van der Waals surface area contributed by atoms with Gasteiger partial charge in [0.25, 0.3) is 0 Å². The molecule has 0 aliphatic carbocycles. The Labute approximate surface area is 169 Å². The molecule has 0 saturated heterocycles. The van der Waals surface area contributed by atoms with E-state index in [1.807, 2.05) is 0 Å². The van der Waals surface area contributed by atoms with E-state index in [2.05, 4.69) is 9.47 Å². The molecule has 158 valence electrons. The molecule has 0 saturated carbocycles. The molecule has 0 heterocycles. The van der Waals surface area contributed by atoms with Gasteiger partial charge in [-0.05, 0) is 13.8 Å². The van der Waals surface area contributed by atoms with Gasteiger partial charge in [0.05, 0.1) is 0 Å². The van der Waals surface area contributed by atoms with Gasteiger partial charge in [0.15, 0.2) is 5.56 Å². The number of hydrogen-bond donors (Lipinski definition) is 0. The zero-order valence-electron chi connectivity index (χ0n) is 16.3. The lowest BCUT2D eigenvalue weighted by Gasteiger charge is -2.06. The summed E-state index contributed by atoms with van der Waals surface area (Å²) >= 11 is 5.43. The van der Waals surface area contributed by atoms with E-state index in [0.717, 1.165) is 0 Å². The van der Waals surface area contributed by atoms with Crippen LogP contribution in [0.25, 0.3) is 0 Å². The number of hydrogen-bond acceptors (Lipinski definition) is 8. The van der Waals surface area contributed by atoms with Crippen LogP contribution in [0.3, 0.4) is 0 Å². The smallest absolute Gasteiger partial charge is 0.434 e. The van der Waals surface area contributed by atoms with Crippen LogP contribution in [0.5, 0.6) is 0 Å². The summed E-state index contributed by atoms with van der Waals surface area (Å²) in [6.45, 7) is 2.68. The van der Waals surface area contributed by atoms with Crippen LogP contribution >= 0.6 is 11.6 Å². The highest BCUT2D eigenvalue weighted by molar-refractivity contribution is 6.19. The van der Waals surface area contributed by atoms with E-state index in [1.165, 1.54) is 13.8 Å². The first-order valence-corrected chi connectivity index (χ1v) is 9.57. The topological polar surface area (TPSA) is 121 Å². The second-order valence-electron chi connectivity index (χ2n) is 6.37. The Hall–Kier alpha value is -2.09. The third-order valence-electron chi connectivity index (χ3n) is 3.66. The summed E-state index contributed by atoms with van der Waals surface area (Å²) in [5.41, 5.74) is -0.831. The summed E-state index contributed by atoms with van der Waals surface area (Å²) in [6, 6.07) is 0. The number of rotatable bonds is 16. The molecule has 0 spiro atoms. The Morgan fingerprint density at radius 2 is 1.04 bits per heavy atom. The highest BCUT2D eigenvalue weighted by Crippen LogP contribution is 2.07. The molecule has 0 N–H and O–H groups in total. The predicted molar refractivity (Wildman–Crippen MR) is 100 cm³/mol. The molecule has 8 nitrogen and oxygen atoms in total. The molecule has 0 fully saturated rings. The van der Waals surface area contributed by atoms with E-state index in [4.69, 9.17) is 11.6 Å². The largest absolute Gasteiger partial charge is 0.509 e. The van der Waals surface area contributed by atoms with E-state index < -0.39 is 11.7 Å². The van der Waals surface area contributed by atoms with Gasteiger partial charge in [-0.2, -0.15) is 0 Å². The Balaban J connectivity index is 3.81. The van der Waals surface area contributed by atoms with Gasteiger partial charge >= 0.3 is 6.16 Å². The van der Waals surface area contributed by atoms with Crippen LogP contribution in [0.1, 0.15) is 71.6 Å². The fourth-order valence-electron chi connectivity index (χ4n) is 2.07. The van der Waals surface area contributed by atoms with E-state index in [1.54, 1.807) is 0 Å². The highest BCUT2D eigenvalue weighted by Gasteiger charge is 2.13. The van der Waals surface area contributed by atoms with Crippen molar-refractivity contribution in [2.75, 3.05) is 6.61 Å². The Kier molecular flexibility index (Phi) is 13.8. The fourth-order valence-corrected chi connectivity index (χ4v) is 2.14. The summed E-state index contributed by atoms with van der Waals surface area (Å²) in [5, 5.41) is 0. The fraction of sp³-hybridized carbons (Fsp3) is 0.684. The van der Waals surface area contributed by atoms with E-state index >= 15 is 0 Å². The molecule has 0 aromatic rings. The summed E-state index contributed by atoms with van der Waals surface area (Å²) < 4.78 is 9.16. The van der Waals surface area contributed by atoms with E-state index in [9.17, 15) is 28.8 Å². The normalized spacial score (nSPS) is 11.4. The molecular formula is C19H27ClO8. The first kappa shape index (κ1) is 25.9. The van der Waals surface area contributed by atoms with Crippen LogP contribution < -0.4 is 0 Å². The first-order valence-electron chi connectivity index (χ1n) is 9.13. The minimum atomic E-state index is -0.968. The molecule has 0 bridgehead atoms. The maximum absolute atomic E-state index is 11.7. The van der Waals surface area contributed by atoms with Crippen LogP contribution in [0.4, 0.5) is 4.79 Å². The van der Waals surface area contributed by atoms with Gasteiger partial charge in [0.2, 0.25) is 0 Å². The number of alkyl halides is 1. The predicted octanol–water partition coefficient (Wildman–Crippen LogP) is 3.10. The van der Waals surface area contributed by atoms with Crippen molar-refractivity contribution in [3.05, 3.63) is 0 Å². The number of ketones is 5. The van der Waals surface area contributed by atoms with Gasteiger partial charge < -0.3 is 14.3 Å². The van der Waals surface area contributed by atoms with E-state index in [-0.39, 0.29) is 93.3 Å². The molecule has 0 aliphatic heterocycles. The van der Waals surface area contributed by atoms with Crippen LogP contribution in [0, 0.1) is 0 Å². The SMILES string of the molecule is CC(=O)CCC(=O)CCC(=O)CCC(=O)CCC(=O)CCOC(=O)OC(C)Cl. The van der Waals surface area contributed by atoms with Crippen LogP contribution in [0.15, 0.2) is 0 Å². The molecule has 0 rings (SSSR count). The van der Waals surface area contributed by atoms with E-state index in [0.29, 0.717) is 0 Å². The molecule has 0 aliphatic rings. The van der Waals surface area contributed by atoms with Gasteiger partial charge in [-0.25, -0.2) is 4.79 Å². The quantitative estimate of drug-likeness (QED) is 0.277. The molecule has 0 radical (unpaired) electrons. The second kappa shape index (κ2) is 14.9. The Morgan fingerprint density at radius 3 is 1.39 bits per heavy atom. The average molecular weight is 419 g/mol. The maximum Gasteiger partial charge on any atom is 0.509 e. The number of carbonyl (C=O) groups excluding carboxylic acids is 6. The third-order valence-corrected chi connectivity index (χ3v) is 3.75.